The number of hydrogen-bond acceptors (Lipinski definition) is 6. The molecule has 4 heterocycles. The van der Waals surface area contributed by atoms with Crippen molar-refractivity contribution in [3.63, 3.8) is 0 Å². The number of piperidine rings is 1. The van der Waals surface area contributed by atoms with E-state index in [-0.39, 0.29) is 23.8 Å². The van der Waals surface area contributed by atoms with Crippen molar-refractivity contribution >= 4 is 17.5 Å². The van der Waals surface area contributed by atoms with Crippen molar-refractivity contribution in [2.24, 2.45) is 5.92 Å². The lowest BCUT2D eigenvalue weighted by molar-refractivity contribution is 0.254. The van der Waals surface area contributed by atoms with Gasteiger partial charge in [0.05, 0.1) is 5.02 Å². The van der Waals surface area contributed by atoms with Crippen molar-refractivity contribution in [2.45, 2.75) is 25.5 Å². The lowest BCUT2D eigenvalue weighted by atomic mass is 9.83. The van der Waals surface area contributed by atoms with E-state index in [0.717, 1.165) is 12.1 Å². The van der Waals surface area contributed by atoms with Gasteiger partial charge in [0.1, 0.15) is 11.8 Å². The molecule has 1 aromatic carbocycles. The van der Waals surface area contributed by atoms with Crippen molar-refractivity contribution < 1.29 is 9.15 Å². The number of pyridine rings is 1. The standard InChI is InChI=1S/C22H19ClN4O3/c23-16-4-1-2-6-19(16)29-13-20-25-17(9-24)22(30-20)26-10-14-8-15(12-26)18-5-3-7-21(28)27(18)11-14/h1-7,14-15H,8,10-13H2. The first kappa shape index (κ1) is 18.8. The summed E-state index contributed by atoms with van der Waals surface area (Å²) in [6.07, 6.45) is 1.03. The molecule has 0 N–H and O–H groups in total. The summed E-state index contributed by atoms with van der Waals surface area (Å²) >= 11 is 6.12. The zero-order valence-corrected chi connectivity index (χ0v) is 16.9. The molecule has 0 spiro atoms. The molecule has 2 aliphatic heterocycles. The minimum Gasteiger partial charge on any atom is -0.482 e. The molecule has 2 aromatic heterocycles. The second-order valence-electron chi connectivity index (χ2n) is 7.70. The molecule has 0 saturated carbocycles. The predicted octanol–water partition coefficient (Wildman–Crippen LogP) is 3.56. The Bertz CT molecular complexity index is 1200. The minimum absolute atomic E-state index is 0.0482. The van der Waals surface area contributed by atoms with Crippen molar-refractivity contribution in [1.82, 2.24) is 9.55 Å². The molecule has 1 saturated heterocycles. The average molecular weight is 423 g/mol. The van der Waals surface area contributed by atoms with Crippen LogP contribution in [0.15, 0.2) is 51.7 Å². The summed E-state index contributed by atoms with van der Waals surface area (Å²) in [6, 6.07) is 14.7. The Hall–Kier alpha value is -3.24. The fourth-order valence-electron chi connectivity index (χ4n) is 4.47. The number of anilines is 1. The largest absolute Gasteiger partial charge is 0.482 e. The molecular weight excluding hydrogens is 404 g/mol. The zero-order chi connectivity index (χ0) is 20.7. The fourth-order valence-corrected chi connectivity index (χ4v) is 4.66. The van der Waals surface area contributed by atoms with Gasteiger partial charge in [-0.1, -0.05) is 29.8 Å². The Balaban J connectivity index is 1.38. The summed E-state index contributed by atoms with van der Waals surface area (Å²) in [5, 5.41) is 10.1. The molecule has 2 aliphatic rings. The lowest BCUT2D eigenvalue weighted by Gasteiger charge is -2.42. The van der Waals surface area contributed by atoms with E-state index in [2.05, 4.69) is 16.0 Å². The summed E-state index contributed by atoms with van der Waals surface area (Å²) in [6.45, 7) is 2.15. The maximum atomic E-state index is 12.2. The van der Waals surface area contributed by atoms with E-state index in [1.54, 1.807) is 18.2 Å². The molecule has 2 unspecified atom stereocenters. The summed E-state index contributed by atoms with van der Waals surface area (Å²) in [4.78, 5) is 18.6. The Morgan fingerprint density at radius 2 is 2.07 bits per heavy atom. The van der Waals surface area contributed by atoms with E-state index in [0.29, 0.717) is 48.1 Å². The summed E-state index contributed by atoms with van der Waals surface area (Å²) < 4.78 is 13.5. The highest BCUT2D eigenvalue weighted by Gasteiger charge is 2.36. The topological polar surface area (TPSA) is 84.3 Å². The van der Waals surface area contributed by atoms with Crippen LogP contribution in [0.1, 0.15) is 29.6 Å². The van der Waals surface area contributed by atoms with Crippen molar-refractivity contribution in [3.05, 3.63) is 75.1 Å². The van der Waals surface area contributed by atoms with E-state index in [1.165, 1.54) is 0 Å². The van der Waals surface area contributed by atoms with Crippen LogP contribution in [0.25, 0.3) is 0 Å². The molecule has 2 bridgehead atoms. The first-order valence-electron chi connectivity index (χ1n) is 9.84. The highest BCUT2D eigenvalue weighted by molar-refractivity contribution is 6.32. The second-order valence-corrected chi connectivity index (χ2v) is 8.10. The molecule has 0 aliphatic carbocycles. The molecule has 3 aromatic rings. The highest BCUT2D eigenvalue weighted by Crippen LogP contribution is 2.38. The third kappa shape index (κ3) is 3.33. The van der Waals surface area contributed by atoms with Gasteiger partial charge >= 0.3 is 0 Å². The van der Waals surface area contributed by atoms with Crippen LogP contribution in [0, 0.1) is 17.2 Å². The van der Waals surface area contributed by atoms with E-state index in [1.807, 2.05) is 28.8 Å². The number of nitriles is 1. The van der Waals surface area contributed by atoms with Gasteiger partial charge in [0, 0.05) is 37.3 Å². The summed E-state index contributed by atoms with van der Waals surface area (Å²) in [5.74, 6) is 1.86. The smallest absolute Gasteiger partial charge is 0.250 e. The van der Waals surface area contributed by atoms with Gasteiger partial charge in [-0.2, -0.15) is 10.2 Å². The molecule has 0 amide bonds. The fraction of sp³-hybridized carbons (Fsp3) is 0.318. The van der Waals surface area contributed by atoms with E-state index in [4.69, 9.17) is 20.8 Å². The number of ether oxygens (including phenoxy) is 1. The van der Waals surface area contributed by atoms with Crippen LogP contribution in [-0.4, -0.2) is 22.6 Å². The maximum absolute atomic E-state index is 12.2. The SMILES string of the molecule is N#Cc1nc(COc2ccccc2Cl)oc1N1CC2CC(C1)c1cccc(=O)n1C2. The molecule has 0 radical (unpaired) electrons. The van der Waals surface area contributed by atoms with E-state index >= 15 is 0 Å². The maximum Gasteiger partial charge on any atom is 0.250 e. The minimum atomic E-state index is 0.0482. The van der Waals surface area contributed by atoms with Crippen molar-refractivity contribution in [1.29, 1.82) is 5.26 Å². The van der Waals surface area contributed by atoms with Crippen LogP contribution < -0.4 is 15.2 Å². The molecule has 8 heteroatoms. The predicted molar refractivity (Wildman–Crippen MR) is 111 cm³/mol. The Kier molecular flexibility index (Phi) is 4.72. The molecule has 7 nitrogen and oxygen atoms in total. The van der Waals surface area contributed by atoms with Crippen LogP contribution in [0.3, 0.4) is 0 Å². The van der Waals surface area contributed by atoms with Gasteiger partial charge in [-0.15, -0.1) is 0 Å². The lowest BCUT2D eigenvalue weighted by Crippen LogP contribution is -2.47. The number of oxazole rings is 1. The van der Waals surface area contributed by atoms with Crippen molar-refractivity contribution in [2.75, 3.05) is 18.0 Å². The van der Waals surface area contributed by atoms with Crippen LogP contribution in [0.2, 0.25) is 5.02 Å². The van der Waals surface area contributed by atoms with Gasteiger partial charge in [0.25, 0.3) is 5.56 Å². The number of nitrogens with zero attached hydrogens (tertiary/aromatic N) is 4. The van der Waals surface area contributed by atoms with Gasteiger partial charge < -0.3 is 18.6 Å². The van der Waals surface area contributed by atoms with Gasteiger partial charge in [0.2, 0.25) is 17.5 Å². The van der Waals surface area contributed by atoms with Gasteiger partial charge in [-0.25, -0.2) is 0 Å². The molecule has 5 rings (SSSR count). The van der Waals surface area contributed by atoms with E-state index < -0.39 is 0 Å². The third-order valence-electron chi connectivity index (χ3n) is 5.71. The number of aromatic nitrogens is 2. The molecular formula is C22H19ClN4O3. The first-order valence-corrected chi connectivity index (χ1v) is 10.2. The molecule has 1 fully saturated rings. The van der Waals surface area contributed by atoms with Crippen LogP contribution in [-0.2, 0) is 13.2 Å². The average Bonchev–Trinajstić information content (AvgIpc) is 3.17. The number of halogens is 1. The summed E-state index contributed by atoms with van der Waals surface area (Å²) in [7, 11) is 0. The van der Waals surface area contributed by atoms with Crippen LogP contribution in [0.5, 0.6) is 5.75 Å². The first-order chi connectivity index (χ1) is 14.6. The Labute approximate surface area is 178 Å². The van der Waals surface area contributed by atoms with Crippen molar-refractivity contribution in [3.8, 4) is 11.8 Å². The van der Waals surface area contributed by atoms with Gasteiger partial charge in [-0.3, -0.25) is 4.79 Å². The van der Waals surface area contributed by atoms with Gasteiger partial charge in [-0.05, 0) is 30.5 Å². The van der Waals surface area contributed by atoms with Crippen LogP contribution in [0.4, 0.5) is 5.88 Å². The number of rotatable bonds is 4. The molecule has 152 valence electrons. The van der Waals surface area contributed by atoms with Gasteiger partial charge in [0.15, 0.2) is 6.61 Å². The monoisotopic (exact) mass is 422 g/mol. The van der Waals surface area contributed by atoms with E-state index in [9.17, 15) is 10.1 Å². The molecule has 2 atom stereocenters. The third-order valence-corrected chi connectivity index (χ3v) is 6.03. The second kappa shape index (κ2) is 7.54. The summed E-state index contributed by atoms with van der Waals surface area (Å²) in [5.41, 5.74) is 1.34. The Morgan fingerprint density at radius 3 is 2.90 bits per heavy atom. The van der Waals surface area contributed by atoms with Crippen LogP contribution >= 0.6 is 11.6 Å². The number of fused-ring (bicyclic) bond motifs is 4. The zero-order valence-electron chi connectivity index (χ0n) is 16.1. The number of para-hydroxylation sites is 1. The quantitative estimate of drug-likeness (QED) is 0.639. The normalized spacial score (nSPS) is 19.8. The number of hydrogen-bond donors (Lipinski definition) is 0. The number of benzene rings is 1. The Morgan fingerprint density at radius 1 is 1.20 bits per heavy atom. The molecule has 30 heavy (non-hydrogen) atoms. The highest BCUT2D eigenvalue weighted by atomic mass is 35.5.